The Morgan fingerprint density at radius 2 is 1.65 bits per heavy atom. The van der Waals surface area contributed by atoms with Gasteiger partial charge in [-0.2, -0.15) is 0 Å². The molecule has 3 N–H and O–H groups in total. The number of benzene rings is 2. The molecule has 0 heterocycles. The van der Waals surface area contributed by atoms with Gasteiger partial charge in [-0.15, -0.1) is 0 Å². The lowest BCUT2D eigenvalue weighted by molar-refractivity contribution is 0.0693. The Morgan fingerprint density at radius 3 is 2.12 bits per heavy atom. The zero-order valence-corrected chi connectivity index (χ0v) is 15.7. The average molecular weight is 359 g/mol. The topological polar surface area (TPSA) is 81.0 Å². The van der Waals surface area contributed by atoms with E-state index in [1.54, 1.807) is 12.1 Å². The minimum absolute atomic E-state index is 0.0570. The van der Waals surface area contributed by atoms with Crippen molar-refractivity contribution in [3.8, 4) is 5.75 Å². The highest BCUT2D eigenvalue weighted by atomic mass is 16.4. The molecule has 0 aliphatic heterocycles. The van der Waals surface area contributed by atoms with Gasteiger partial charge < -0.3 is 15.3 Å². The second kappa shape index (κ2) is 11.3. The molecule has 0 fully saturated rings. The molecule has 0 aromatic heterocycles. The molecule has 1 atom stereocenters. The van der Waals surface area contributed by atoms with E-state index in [9.17, 15) is 9.90 Å². The summed E-state index contributed by atoms with van der Waals surface area (Å²) in [5.74, 6) is -1.26. The first-order chi connectivity index (χ1) is 12.4. The molecule has 2 rings (SSSR count). The van der Waals surface area contributed by atoms with E-state index in [0.717, 1.165) is 18.7 Å². The van der Waals surface area contributed by atoms with Gasteiger partial charge in [0.2, 0.25) is 0 Å². The maximum Gasteiger partial charge on any atom is 0.339 e. The SMILES string of the molecule is CCN(CC)C(C)CO.O=C(O)c1cccc(Cc2ccccc2)c1O. The molecular weight excluding hydrogens is 330 g/mol. The van der Waals surface area contributed by atoms with E-state index in [-0.39, 0.29) is 17.9 Å². The van der Waals surface area contributed by atoms with E-state index in [4.69, 9.17) is 10.2 Å². The number of carboxylic acid groups (broad SMARTS) is 1. The second-order valence-electron chi connectivity index (χ2n) is 6.03. The van der Waals surface area contributed by atoms with Gasteiger partial charge in [-0.05, 0) is 37.2 Å². The number of aliphatic hydroxyl groups excluding tert-OH is 1. The van der Waals surface area contributed by atoms with Crippen molar-refractivity contribution >= 4 is 5.97 Å². The third kappa shape index (κ3) is 6.50. The number of nitrogens with zero attached hydrogens (tertiary/aromatic N) is 1. The Kier molecular flexibility index (Phi) is 9.41. The Hall–Kier alpha value is -2.37. The first-order valence-corrected chi connectivity index (χ1v) is 8.87. The summed E-state index contributed by atoms with van der Waals surface area (Å²) in [6.45, 7) is 8.57. The molecule has 0 saturated carbocycles. The van der Waals surface area contributed by atoms with Crippen LogP contribution < -0.4 is 0 Å². The number of hydrogen-bond acceptors (Lipinski definition) is 4. The number of aromatic hydroxyl groups is 1. The molecule has 5 heteroatoms. The summed E-state index contributed by atoms with van der Waals surface area (Å²) in [5, 5.41) is 27.5. The van der Waals surface area contributed by atoms with Gasteiger partial charge in [0.1, 0.15) is 11.3 Å². The molecule has 5 nitrogen and oxygen atoms in total. The van der Waals surface area contributed by atoms with Crippen molar-refractivity contribution < 1.29 is 20.1 Å². The first kappa shape index (κ1) is 21.7. The van der Waals surface area contributed by atoms with Crippen LogP contribution in [-0.2, 0) is 6.42 Å². The van der Waals surface area contributed by atoms with Crippen LogP contribution in [0.1, 0.15) is 42.3 Å². The van der Waals surface area contributed by atoms with Crippen molar-refractivity contribution in [2.75, 3.05) is 19.7 Å². The fourth-order valence-corrected chi connectivity index (χ4v) is 2.68. The van der Waals surface area contributed by atoms with Gasteiger partial charge in [-0.3, -0.25) is 4.90 Å². The monoisotopic (exact) mass is 359 g/mol. The van der Waals surface area contributed by atoms with Crippen LogP contribution in [0.2, 0.25) is 0 Å². The first-order valence-electron chi connectivity index (χ1n) is 8.87. The van der Waals surface area contributed by atoms with Gasteiger partial charge >= 0.3 is 5.97 Å². The fourth-order valence-electron chi connectivity index (χ4n) is 2.68. The molecule has 2 aromatic rings. The van der Waals surface area contributed by atoms with Crippen LogP contribution in [0.25, 0.3) is 0 Å². The summed E-state index contributed by atoms with van der Waals surface area (Å²) < 4.78 is 0. The molecule has 26 heavy (non-hydrogen) atoms. The van der Waals surface area contributed by atoms with Crippen LogP contribution in [-0.4, -0.2) is 51.9 Å². The smallest absolute Gasteiger partial charge is 0.339 e. The lowest BCUT2D eigenvalue weighted by atomic mass is 10.0. The minimum atomic E-state index is -1.11. The highest BCUT2D eigenvalue weighted by molar-refractivity contribution is 5.91. The second-order valence-corrected chi connectivity index (χ2v) is 6.03. The Labute approximate surface area is 155 Å². The number of aromatic carboxylic acids is 1. The van der Waals surface area contributed by atoms with Crippen LogP contribution in [0.5, 0.6) is 5.75 Å². The average Bonchev–Trinajstić information content (AvgIpc) is 2.65. The van der Waals surface area contributed by atoms with Gasteiger partial charge in [0.05, 0.1) is 6.61 Å². The molecule has 0 amide bonds. The number of carbonyl (C=O) groups is 1. The number of aliphatic hydroxyl groups is 1. The van der Waals surface area contributed by atoms with Crippen molar-refractivity contribution in [1.82, 2.24) is 4.90 Å². The Bertz CT molecular complexity index is 669. The minimum Gasteiger partial charge on any atom is -0.507 e. The fraction of sp³-hybridized carbons (Fsp3) is 0.381. The quantitative estimate of drug-likeness (QED) is 0.706. The predicted molar refractivity (Wildman–Crippen MR) is 104 cm³/mol. The molecule has 2 aromatic carbocycles. The zero-order valence-electron chi connectivity index (χ0n) is 15.7. The number of phenols is 1. The van der Waals surface area contributed by atoms with Crippen LogP contribution in [0.15, 0.2) is 48.5 Å². The summed E-state index contributed by atoms with van der Waals surface area (Å²) in [7, 11) is 0. The molecule has 0 saturated heterocycles. The van der Waals surface area contributed by atoms with Crippen molar-refractivity contribution in [3.63, 3.8) is 0 Å². The summed E-state index contributed by atoms with van der Waals surface area (Å²) in [6, 6.07) is 14.7. The summed E-state index contributed by atoms with van der Waals surface area (Å²) in [5.41, 5.74) is 1.60. The highest BCUT2D eigenvalue weighted by Gasteiger charge is 2.12. The molecule has 0 spiro atoms. The molecule has 0 aliphatic rings. The van der Waals surface area contributed by atoms with Gasteiger partial charge in [-0.1, -0.05) is 56.3 Å². The normalized spacial score (nSPS) is 11.6. The van der Waals surface area contributed by atoms with Crippen molar-refractivity contribution in [3.05, 3.63) is 65.2 Å². The summed E-state index contributed by atoms with van der Waals surface area (Å²) in [4.78, 5) is 13.1. The van der Waals surface area contributed by atoms with Gasteiger partial charge in [0.15, 0.2) is 0 Å². The molecule has 0 aliphatic carbocycles. The van der Waals surface area contributed by atoms with Gasteiger partial charge in [0, 0.05) is 12.5 Å². The maximum atomic E-state index is 10.9. The van der Waals surface area contributed by atoms with E-state index in [2.05, 4.69) is 18.7 Å². The number of para-hydroxylation sites is 1. The lowest BCUT2D eigenvalue weighted by Gasteiger charge is -2.23. The Balaban J connectivity index is 0.000000321. The summed E-state index contributed by atoms with van der Waals surface area (Å²) in [6.07, 6.45) is 0.522. The van der Waals surface area contributed by atoms with Crippen molar-refractivity contribution in [1.29, 1.82) is 0 Å². The number of carboxylic acids is 1. The molecule has 1 unspecified atom stereocenters. The number of rotatable bonds is 7. The van der Waals surface area contributed by atoms with E-state index < -0.39 is 5.97 Å². The lowest BCUT2D eigenvalue weighted by Crippen LogP contribution is -2.35. The Morgan fingerprint density at radius 1 is 1.04 bits per heavy atom. The van der Waals surface area contributed by atoms with Crippen LogP contribution in [0, 0.1) is 0 Å². The summed E-state index contributed by atoms with van der Waals surface area (Å²) >= 11 is 0. The third-order valence-corrected chi connectivity index (χ3v) is 4.29. The molecule has 0 radical (unpaired) electrons. The van der Waals surface area contributed by atoms with E-state index in [0.29, 0.717) is 18.0 Å². The van der Waals surface area contributed by atoms with Gasteiger partial charge in [0.25, 0.3) is 0 Å². The van der Waals surface area contributed by atoms with Crippen molar-refractivity contribution in [2.24, 2.45) is 0 Å². The third-order valence-electron chi connectivity index (χ3n) is 4.29. The van der Waals surface area contributed by atoms with Crippen molar-refractivity contribution in [2.45, 2.75) is 33.2 Å². The van der Waals surface area contributed by atoms with E-state index in [1.807, 2.05) is 37.3 Å². The van der Waals surface area contributed by atoms with Crippen LogP contribution >= 0.6 is 0 Å². The molecular formula is C21H29NO4. The largest absolute Gasteiger partial charge is 0.507 e. The van der Waals surface area contributed by atoms with Crippen LogP contribution in [0.4, 0.5) is 0 Å². The number of hydrogen-bond donors (Lipinski definition) is 3. The highest BCUT2D eigenvalue weighted by Crippen LogP contribution is 2.24. The zero-order chi connectivity index (χ0) is 19.5. The number of likely N-dealkylation sites (N-methyl/N-ethyl adjacent to an activating group) is 1. The van der Waals surface area contributed by atoms with Gasteiger partial charge in [-0.25, -0.2) is 4.79 Å². The maximum absolute atomic E-state index is 10.9. The predicted octanol–water partition coefficient (Wildman–Crippen LogP) is 3.39. The van der Waals surface area contributed by atoms with Crippen LogP contribution in [0.3, 0.4) is 0 Å². The van der Waals surface area contributed by atoms with E-state index in [1.165, 1.54) is 6.07 Å². The molecule has 142 valence electrons. The standard InChI is InChI=1S/C14H12O3.C7H17NO/c15-13-11(7-4-8-12(13)14(16)17)9-10-5-2-1-3-6-10;1-4-8(5-2)7(3)6-9/h1-8,15H,9H2,(H,16,17);7,9H,4-6H2,1-3H3. The molecule has 0 bridgehead atoms. The van der Waals surface area contributed by atoms with E-state index >= 15 is 0 Å².